The minimum Gasteiger partial charge on any atom is -0.322 e. The van der Waals surface area contributed by atoms with Gasteiger partial charge in [0.05, 0.1) is 5.56 Å². The summed E-state index contributed by atoms with van der Waals surface area (Å²) in [7, 11) is 0. The smallest absolute Gasteiger partial charge is 0.256 e. The molecule has 0 unspecified atom stereocenters. The van der Waals surface area contributed by atoms with Crippen LogP contribution in [0.4, 0.5) is 5.69 Å². The van der Waals surface area contributed by atoms with Gasteiger partial charge < -0.3 is 9.88 Å². The van der Waals surface area contributed by atoms with Crippen LogP contribution in [0.25, 0.3) is 11.4 Å². The largest absolute Gasteiger partial charge is 0.322 e. The molecule has 0 saturated heterocycles. The molecule has 0 saturated carbocycles. The molecule has 0 atom stereocenters. The third-order valence-corrected chi connectivity index (χ3v) is 5.91. The SMILES string of the molecule is Cc1ccc(-c2nnc3n2CCCCC3)cc1NC(=O)c1ccccc1I. The molecule has 1 N–H and O–H groups in total. The van der Waals surface area contributed by atoms with Gasteiger partial charge in [-0.2, -0.15) is 0 Å². The Kier molecular flexibility index (Phi) is 5.24. The molecular weight excluding hydrogens is 451 g/mol. The summed E-state index contributed by atoms with van der Waals surface area (Å²) < 4.78 is 3.16. The standard InChI is InChI=1S/C21H21IN4O/c1-14-10-11-15(20-25-24-19-9-3-2-6-12-26(19)20)13-18(14)23-21(27)16-7-4-5-8-17(16)22/h4-5,7-8,10-11,13H,2-3,6,9,12H2,1H3,(H,23,27). The highest BCUT2D eigenvalue weighted by Crippen LogP contribution is 2.27. The minimum atomic E-state index is -0.0969. The number of hydrogen-bond donors (Lipinski definition) is 1. The van der Waals surface area contributed by atoms with E-state index in [4.69, 9.17) is 0 Å². The molecule has 138 valence electrons. The molecule has 1 aromatic heterocycles. The van der Waals surface area contributed by atoms with Crippen molar-refractivity contribution in [1.29, 1.82) is 0 Å². The van der Waals surface area contributed by atoms with Gasteiger partial charge in [0, 0.05) is 27.8 Å². The number of carbonyl (C=O) groups is 1. The molecule has 0 spiro atoms. The first-order valence-corrected chi connectivity index (χ1v) is 10.3. The molecule has 0 radical (unpaired) electrons. The van der Waals surface area contributed by atoms with E-state index in [0.29, 0.717) is 5.56 Å². The van der Waals surface area contributed by atoms with Crippen molar-refractivity contribution in [3.63, 3.8) is 0 Å². The van der Waals surface area contributed by atoms with Crippen LogP contribution in [0.5, 0.6) is 0 Å². The lowest BCUT2D eigenvalue weighted by atomic mass is 10.1. The van der Waals surface area contributed by atoms with Gasteiger partial charge in [-0.05, 0) is 66.1 Å². The summed E-state index contributed by atoms with van der Waals surface area (Å²) in [6.45, 7) is 2.95. The number of nitrogens with zero attached hydrogens (tertiary/aromatic N) is 3. The molecule has 0 bridgehead atoms. The third kappa shape index (κ3) is 3.76. The zero-order chi connectivity index (χ0) is 18.8. The monoisotopic (exact) mass is 472 g/mol. The van der Waals surface area contributed by atoms with E-state index >= 15 is 0 Å². The molecule has 3 aromatic rings. The van der Waals surface area contributed by atoms with Crippen LogP contribution in [0, 0.1) is 10.5 Å². The number of aromatic nitrogens is 3. The summed E-state index contributed by atoms with van der Waals surface area (Å²) in [6.07, 6.45) is 4.53. The fourth-order valence-electron chi connectivity index (χ4n) is 3.43. The van der Waals surface area contributed by atoms with Crippen LogP contribution in [-0.2, 0) is 13.0 Å². The fraction of sp³-hybridized carbons (Fsp3) is 0.286. The Labute approximate surface area is 172 Å². The van der Waals surface area contributed by atoms with Crippen molar-refractivity contribution >= 4 is 34.2 Å². The topological polar surface area (TPSA) is 59.8 Å². The summed E-state index contributed by atoms with van der Waals surface area (Å²) in [4.78, 5) is 12.7. The summed E-state index contributed by atoms with van der Waals surface area (Å²) >= 11 is 2.19. The van der Waals surface area contributed by atoms with Gasteiger partial charge in [0.2, 0.25) is 0 Å². The van der Waals surface area contributed by atoms with Gasteiger partial charge in [0.15, 0.2) is 5.82 Å². The first-order valence-electron chi connectivity index (χ1n) is 9.22. The Bertz CT molecular complexity index is 996. The van der Waals surface area contributed by atoms with Crippen molar-refractivity contribution in [2.24, 2.45) is 0 Å². The number of aryl methyl sites for hydroxylation is 2. The highest BCUT2D eigenvalue weighted by Gasteiger charge is 2.17. The number of amides is 1. The van der Waals surface area contributed by atoms with Crippen molar-refractivity contribution < 1.29 is 4.79 Å². The van der Waals surface area contributed by atoms with Crippen molar-refractivity contribution in [2.45, 2.75) is 39.2 Å². The van der Waals surface area contributed by atoms with E-state index < -0.39 is 0 Å². The van der Waals surface area contributed by atoms with Gasteiger partial charge >= 0.3 is 0 Å². The van der Waals surface area contributed by atoms with Gasteiger partial charge in [-0.25, -0.2) is 0 Å². The summed E-state index contributed by atoms with van der Waals surface area (Å²) in [6, 6.07) is 13.7. The molecule has 27 heavy (non-hydrogen) atoms. The third-order valence-electron chi connectivity index (χ3n) is 4.97. The lowest BCUT2D eigenvalue weighted by molar-refractivity contribution is 0.102. The number of hydrogen-bond acceptors (Lipinski definition) is 3. The van der Waals surface area contributed by atoms with Crippen LogP contribution in [0.1, 0.15) is 41.0 Å². The molecule has 6 heteroatoms. The van der Waals surface area contributed by atoms with Gasteiger partial charge in [-0.3, -0.25) is 4.79 Å². The highest BCUT2D eigenvalue weighted by molar-refractivity contribution is 14.1. The molecule has 0 fully saturated rings. The second kappa shape index (κ2) is 7.80. The fourth-order valence-corrected chi connectivity index (χ4v) is 4.06. The van der Waals surface area contributed by atoms with Crippen LogP contribution in [0.2, 0.25) is 0 Å². The Balaban J connectivity index is 1.66. The van der Waals surface area contributed by atoms with Crippen LogP contribution in [0.3, 0.4) is 0 Å². The van der Waals surface area contributed by atoms with Crippen LogP contribution < -0.4 is 5.32 Å². The van der Waals surface area contributed by atoms with Crippen molar-refractivity contribution in [3.8, 4) is 11.4 Å². The molecule has 1 aliphatic rings. The van der Waals surface area contributed by atoms with E-state index in [-0.39, 0.29) is 5.91 Å². The maximum Gasteiger partial charge on any atom is 0.256 e. The number of halogens is 1. The van der Waals surface area contributed by atoms with E-state index in [0.717, 1.165) is 51.4 Å². The number of nitrogens with one attached hydrogen (secondary N) is 1. The second-order valence-corrected chi connectivity index (χ2v) is 8.03. The van der Waals surface area contributed by atoms with E-state index in [1.54, 1.807) is 0 Å². The highest BCUT2D eigenvalue weighted by atomic mass is 127. The summed E-state index contributed by atoms with van der Waals surface area (Å²) in [5, 5.41) is 11.9. The van der Waals surface area contributed by atoms with Crippen molar-refractivity contribution in [2.75, 3.05) is 5.32 Å². The maximum absolute atomic E-state index is 12.7. The van der Waals surface area contributed by atoms with Crippen molar-refractivity contribution in [1.82, 2.24) is 14.8 Å². The lowest BCUT2D eigenvalue weighted by Gasteiger charge is -2.12. The average Bonchev–Trinajstić information content (AvgIpc) is 2.92. The van der Waals surface area contributed by atoms with Crippen LogP contribution in [0.15, 0.2) is 42.5 Å². The molecule has 5 nitrogen and oxygen atoms in total. The first kappa shape index (κ1) is 18.2. The minimum absolute atomic E-state index is 0.0969. The number of anilines is 1. The van der Waals surface area contributed by atoms with E-state index in [2.05, 4.69) is 48.7 Å². The molecule has 4 rings (SSSR count). The van der Waals surface area contributed by atoms with Gasteiger partial charge in [-0.1, -0.05) is 30.7 Å². The number of benzene rings is 2. The first-order chi connectivity index (χ1) is 13.1. The van der Waals surface area contributed by atoms with E-state index in [9.17, 15) is 4.79 Å². The molecule has 2 aromatic carbocycles. The molecule has 1 aliphatic heterocycles. The summed E-state index contributed by atoms with van der Waals surface area (Å²) in [5.74, 6) is 1.85. The maximum atomic E-state index is 12.7. The predicted molar refractivity (Wildman–Crippen MR) is 115 cm³/mol. The quantitative estimate of drug-likeness (QED) is 0.556. The number of rotatable bonds is 3. The lowest BCUT2D eigenvalue weighted by Crippen LogP contribution is -2.14. The Morgan fingerprint density at radius 3 is 2.81 bits per heavy atom. The molecular formula is C21H21IN4O. The Morgan fingerprint density at radius 2 is 1.96 bits per heavy atom. The Hall–Kier alpha value is -2.22. The molecule has 1 amide bonds. The molecule has 0 aliphatic carbocycles. The van der Waals surface area contributed by atoms with Crippen LogP contribution >= 0.6 is 22.6 Å². The van der Waals surface area contributed by atoms with Crippen LogP contribution in [-0.4, -0.2) is 20.7 Å². The molecule has 2 heterocycles. The predicted octanol–water partition coefficient (Wildman–Crippen LogP) is 4.84. The number of fused-ring (bicyclic) bond motifs is 1. The van der Waals surface area contributed by atoms with E-state index in [1.807, 2.05) is 43.3 Å². The summed E-state index contributed by atoms with van der Waals surface area (Å²) in [5.41, 5.74) is 3.50. The van der Waals surface area contributed by atoms with Gasteiger partial charge in [-0.15, -0.1) is 10.2 Å². The van der Waals surface area contributed by atoms with Gasteiger partial charge in [0.1, 0.15) is 5.82 Å². The van der Waals surface area contributed by atoms with E-state index in [1.165, 1.54) is 12.8 Å². The Morgan fingerprint density at radius 1 is 1.11 bits per heavy atom. The second-order valence-electron chi connectivity index (χ2n) is 6.87. The zero-order valence-electron chi connectivity index (χ0n) is 15.2. The van der Waals surface area contributed by atoms with Gasteiger partial charge in [0.25, 0.3) is 5.91 Å². The average molecular weight is 472 g/mol. The normalized spacial score (nSPS) is 13.7. The van der Waals surface area contributed by atoms with Crippen molar-refractivity contribution in [3.05, 3.63) is 63.0 Å². The number of carbonyl (C=O) groups excluding carboxylic acids is 1. The zero-order valence-corrected chi connectivity index (χ0v) is 17.4.